The van der Waals surface area contributed by atoms with Gasteiger partial charge < -0.3 is 14.2 Å². The van der Waals surface area contributed by atoms with Crippen LogP contribution in [0.2, 0.25) is 0 Å². The van der Waals surface area contributed by atoms with Crippen LogP contribution >= 0.6 is 0 Å². The number of nitriles is 6. The van der Waals surface area contributed by atoms with Gasteiger partial charge in [0.25, 0.3) is 0 Å². The first-order valence-corrected chi connectivity index (χ1v) is 15.5. The van der Waals surface area contributed by atoms with E-state index < -0.39 is 53.1 Å². The molecule has 0 amide bonds. The number of alkyl halides is 9. The molecule has 0 radical (unpaired) electrons. The van der Waals surface area contributed by atoms with E-state index in [1.165, 1.54) is 0 Å². The summed E-state index contributed by atoms with van der Waals surface area (Å²) in [4.78, 5) is 0. The Balaban J connectivity index is 1.77. The predicted molar refractivity (Wildman–Crippen MR) is 175 cm³/mol. The lowest BCUT2D eigenvalue weighted by atomic mass is 9.82. The van der Waals surface area contributed by atoms with E-state index in [2.05, 4.69) is 14.2 Å². The standard InChI is InChI=1S/C39H9F9N6O3/c40-37(41,42)55-19-1-4-22-25(7-19)28(16(10-49)11-50)34-31(22)35-29(17(12-51)13-52)26-8-20(56-38(43,44)45)2-5-23(26)33(35)36-30(18(14-53)15-54)27-9-21(57-39(46,47)48)3-6-24(27)32(34)36/h1-9H. The van der Waals surface area contributed by atoms with Gasteiger partial charge in [-0.15, -0.1) is 39.5 Å². The lowest BCUT2D eigenvalue weighted by molar-refractivity contribution is -0.275. The largest absolute Gasteiger partial charge is 0.573 e. The molecule has 0 spiro atoms. The molecule has 3 aliphatic rings. The Labute approximate surface area is 312 Å². The van der Waals surface area contributed by atoms with Crippen molar-refractivity contribution < 1.29 is 53.7 Å². The molecule has 9 nitrogen and oxygen atoms in total. The van der Waals surface area contributed by atoms with Gasteiger partial charge in [-0.05, 0) is 86.5 Å². The molecule has 4 aromatic carbocycles. The van der Waals surface area contributed by atoms with Gasteiger partial charge >= 0.3 is 19.1 Å². The lowest BCUT2D eigenvalue weighted by Crippen LogP contribution is -2.17. The fourth-order valence-electron chi connectivity index (χ4n) is 7.34. The van der Waals surface area contributed by atoms with Crippen LogP contribution < -0.4 is 14.2 Å². The minimum Gasteiger partial charge on any atom is -0.406 e. The number of hydrogen-bond donors (Lipinski definition) is 0. The van der Waals surface area contributed by atoms with E-state index in [1.807, 2.05) is 0 Å². The molecule has 57 heavy (non-hydrogen) atoms. The smallest absolute Gasteiger partial charge is 0.406 e. The van der Waals surface area contributed by atoms with E-state index in [1.54, 1.807) is 36.4 Å². The number of rotatable bonds is 3. The number of ether oxygens (including phenoxy) is 3. The molecule has 276 valence electrons. The summed E-state index contributed by atoms with van der Waals surface area (Å²) >= 11 is 0. The van der Waals surface area contributed by atoms with E-state index in [4.69, 9.17) is 0 Å². The van der Waals surface area contributed by atoms with Crippen molar-refractivity contribution >= 4 is 16.7 Å². The highest BCUT2D eigenvalue weighted by molar-refractivity contribution is 6.24. The van der Waals surface area contributed by atoms with Crippen LogP contribution in [0.15, 0.2) is 71.3 Å². The van der Waals surface area contributed by atoms with Crippen LogP contribution in [0, 0.1) is 68.0 Å². The van der Waals surface area contributed by atoms with Gasteiger partial charge in [-0.1, -0.05) is 18.2 Å². The number of allylic oxidation sites excluding steroid dienone is 3. The Hall–Kier alpha value is -8.19. The maximum atomic E-state index is 13.5. The highest BCUT2D eigenvalue weighted by Gasteiger charge is 2.46. The van der Waals surface area contributed by atoms with Gasteiger partial charge in [0, 0.05) is 33.4 Å². The van der Waals surface area contributed by atoms with Crippen molar-refractivity contribution in [1.29, 1.82) is 31.6 Å². The molecule has 0 aliphatic heterocycles. The highest BCUT2D eigenvalue weighted by atomic mass is 19.4. The van der Waals surface area contributed by atoms with E-state index in [9.17, 15) is 71.1 Å². The molecule has 0 fully saturated rings. The first-order chi connectivity index (χ1) is 26.9. The Kier molecular flexibility index (Phi) is 8.28. The van der Waals surface area contributed by atoms with Crippen molar-refractivity contribution in [2.45, 2.75) is 19.1 Å². The summed E-state index contributed by atoms with van der Waals surface area (Å²) in [7, 11) is 0. The third-order valence-corrected chi connectivity index (χ3v) is 8.96. The van der Waals surface area contributed by atoms with E-state index >= 15 is 0 Å². The lowest BCUT2D eigenvalue weighted by Gasteiger charge is -2.18. The summed E-state index contributed by atoms with van der Waals surface area (Å²) in [5, 5.41) is 61.3. The summed E-state index contributed by atoms with van der Waals surface area (Å²) in [5.41, 5.74) is -4.88. The van der Waals surface area contributed by atoms with Gasteiger partial charge in [0.15, 0.2) is 0 Å². The molecule has 0 heterocycles. The number of halogens is 9. The SMILES string of the molecule is N#CC(C#N)=C1c2cc(OC(F)(F)F)ccc2-c2c1c1c(c3c2C(=C(C#N)C#N)c2cc(OC(F)(F)F)ccc2-3)C(=C(C#N)C#N)c2cc(OC(F)(F)F)ccc2-1. The molecule has 7 rings (SSSR count). The Bertz CT molecular complexity index is 2530. The zero-order valence-electron chi connectivity index (χ0n) is 27.5. The summed E-state index contributed by atoms with van der Waals surface area (Å²) in [6.07, 6.45) is -15.7. The van der Waals surface area contributed by atoms with Gasteiger partial charge in [0.1, 0.15) is 70.4 Å². The summed E-state index contributed by atoms with van der Waals surface area (Å²) in [5.74, 6) is -2.49. The van der Waals surface area contributed by atoms with Crippen molar-refractivity contribution in [1.82, 2.24) is 0 Å². The molecular formula is C39H9F9N6O3. The van der Waals surface area contributed by atoms with Gasteiger partial charge in [0.05, 0.1) is 0 Å². The van der Waals surface area contributed by atoms with Gasteiger partial charge in [0.2, 0.25) is 0 Å². The Morgan fingerprint density at radius 1 is 0.351 bits per heavy atom. The molecule has 0 saturated heterocycles. The first kappa shape index (κ1) is 37.1. The number of hydrogen-bond acceptors (Lipinski definition) is 9. The normalized spacial score (nSPS) is 12.8. The average molecular weight is 781 g/mol. The fourth-order valence-corrected chi connectivity index (χ4v) is 7.34. The maximum absolute atomic E-state index is 13.5. The third kappa shape index (κ3) is 5.95. The third-order valence-electron chi connectivity index (χ3n) is 8.96. The molecule has 4 aromatic rings. The molecule has 0 unspecified atom stereocenters. The molecule has 0 bridgehead atoms. The van der Waals surface area contributed by atoms with Crippen molar-refractivity contribution in [3.05, 3.63) is 105 Å². The summed E-state index contributed by atoms with van der Waals surface area (Å²) < 4.78 is 134. The number of benzene rings is 4. The summed E-state index contributed by atoms with van der Waals surface area (Å²) in [6.45, 7) is 0. The Morgan fingerprint density at radius 2 is 0.579 bits per heavy atom. The molecule has 0 saturated carbocycles. The topological polar surface area (TPSA) is 170 Å². The van der Waals surface area contributed by atoms with Crippen molar-refractivity contribution in [2.75, 3.05) is 0 Å². The zero-order valence-corrected chi connectivity index (χ0v) is 27.5. The van der Waals surface area contributed by atoms with Crippen molar-refractivity contribution in [3.8, 4) is 87.0 Å². The quantitative estimate of drug-likeness (QED) is 0.125. The maximum Gasteiger partial charge on any atom is 0.573 e. The molecule has 3 aliphatic carbocycles. The molecule has 0 N–H and O–H groups in total. The number of fused-ring (bicyclic) bond motifs is 12. The van der Waals surface area contributed by atoms with E-state index in [0.29, 0.717) is 0 Å². The van der Waals surface area contributed by atoms with E-state index in [-0.39, 0.29) is 83.5 Å². The van der Waals surface area contributed by atoms with Crippen LogP contribution in [0.25, 0.3) is 50.1 Å². The van der Waals surface area contributed by atoms with Crippen molar-refractivity contribution in [3.63, 3.8) is 0 Å². The monoisotopic (exact) mass is 780 g/mol. The van der Waals surface area contributed by atoms with Crippen LogP contribution in [-0.4, -0.2) is 19.1 Å². The fraction of sp³-hybridized carbons (Fsp3) is 0.0769. The second-order valence-electron chi connectivity index (χ2n) is 11.9. The first-order valence-electron chi connectivity index (χ1n) is 15.5. The molecule has 0 atom stereocenters. The zero-order chi connectivity index (χ0) is 41.4. The average Bonchev–Trinajstić information content (AvgIpc) is 3.74. The van der Waals surface area contributed by atoms with Crippen LogP contribution in [0.3, 0.4) is 0 Å². The van der Waals surface area contributed by atoms with Crippen LogP contribution in [0.5, 0.6) is 17.2 Å². The Morgan fingerprint density at radius 3 is 0.772 bits per heavy atom. The van der Waals surface area contributed by atoms with Crippen molar-refractivity contribution in [2.24, 2.45) is 0 Å². The van der Waals surface area contributed by atoms with Crippen LogP contribution in [-0.2, 0) is 0 Å². The highest BCUT2D eigenvalue weighted by Crippen LogP contribution is 2.65. The second kappa shape index (κ2) is 12.7. The predicted octanol–water partition coefficient (Wildman–Crippen LogP) is 9.87. The molecule has 18 heteroatoms. The minimum atomic E-state index is -5.23. The van der Waals surface area contributed by atoms with Gasteiger partial charge in [-0.25, -0.2) is 0 Å². The summed E-state index contributed by atoms with van der Waals surface area (Å²) in [6, 6.07) is 18.5. The second-order valence-corrected chi connectivity index (χ2v) is 11.9. The van der Waals surface area contributed by atoms with Gasteiger partial charge in [-0.2, -0.15) is 31.6 Å². The van der Waals surface area contributed by atoms with Crippen LogP contribution in [0.4, 0.5) is 39.5 Å². The molecular weight excluding hydrogens is 771 g/mol. The number of nitrogens with zero attached hydrogens (tertiary/aromatic N) is 6. The molecule has 0 aromatic heterocycles. The van der Waals surface area contributed by atoms with E-state index in [0.717, 1.165) is 54.6 Å². The van der Waals surface area contributed by atoms with Gasteiger partial charge in [-0.3, -0.25) is 0 Å². The minimum absolute atomic E-state index is 0.0410. The van der Waals surface area contributed by atoms with Crippen LogP contribution in [0.1, 0.15) is 33.4 Å².